The molecule has 8 nitrogen and oxygen atoms in total. The first-order valence-electron chi connectivity index (χ1n) is 7.03. The van der Waals surface area contributed by atoms with Crippen molar-refractivity contribution in [2.75, 3.05) is 5.32 Å². The van der Waals surface area contributed by atoms with Crippen LogP contribution in [0.25, 0.3) is 0 Å². The number of amides is 1. The zero-order valence-corrected chi connectivity index (χ0v) is 13.4. The number of aromatic amines is 1. The number of fused-ring (bicyclic) bond motifs is 1. The van der Waals surface area contributed by atoms with Crippen LogP contribution in [0.2, 0.25) is 0 Å². The zero-order valence-electron chi connectivity index (χ0n) is 12.5. The number of anilines is 1. The number of carbonyl (C=O) groups is 1. The number of hydrogen-bond donors (Lipinski definition) is 3. The van der Waals surface area contributed by atoms with Crippen LogP contribution < -0.4 is 10.5 Å². The Bertz CT molecular complexity index is 859. The Kier molecular flexibility index (Phi) is 3.92. The molecule has 1 aromatic heterocycles. The van der Waals surface area contributed by atoms with Gasteiger partial charge in [0.1, 0.15) is 0 Å². The number of H-pyrrole nitrogens is 1. The first-order chi connectivity index (χ1) is 10.8. The van der Waals surface area contributed by atoms with E-state index < -0.39 is 10.2 Å². The van der Waals surface area contributed by atoms with Gasteiger partial charge in [-0.1, -0.05) is 24.3 Å². The molecule has 0 bridgehead atoms. The van der Waals surface area contributed by atoms with Gasteiger partial charge in [0.25, 0.3) is 10.2 Å². The normalized spacial score (nSPS) is 14.7. The Balaban J connectivity index is 1.71. The quantitative estimate of drug-likeness (QED) is 0.749. The van der Waals surface area contributed by atoms with Gasteiger partial charge in [0.2, 0.25) is 5.91 Å². The number of hydrogen-bond acceptors (Lipinski definition) is 4. The van der Waals surface area contributed by atoms with Gasteiger partial charge in [-0.15, -0.1) is 0 Å². The minimum atomic E-state index is -3.77. The van der Waals surface area contributed by atoms with E-state index in [0.717, 1.165) is 15.4 Å². The summed E-state index contributed by atoms with van der Waals surface area (Å²) >= 11 is 0. The maximum Gasteiger partial charge on any atom is 0.277 e. The van der Waals surface area contributed by atoms with E-state index in [-0.39, 0.29) is 25.4 Å². The molecule has 0 spiro atoms. The Morgan fingerprint density at radius 2 is 2.13 bits per heavy atom. The summed E-state index contributed by atoms with van der Waals surface area (Å²) in [5, 5.41) is 14.6. The van der Waals surface area contributed by atoms with Gasteiger partial charge in [-0.25, -0.2) is 5.14 Å². The van der Waals surface area contributed by atoms with Crippen LogP contribution in [0, 0.1) is 6.92 Å². The molecular weight excluding hydrogens is 318 g/mol. The summed E-state index contributed by atoms with van der Waals surface area (Å²) in [4.78, 5) is 12.2. The molecule has 0 unspecified atom stereocenters. The zero-order chi connectivity index (χ0) is 16.6. The molecule has 2 heterocycles. The first kappa shape index (κ1) is 15.7. The molecule has 0 radical (unpaired) electrons. The second kappa shape index (κ2) is 5.76. The molecule has 1 aliphatic rings. The van der Waals surface area contributed by atoms with Gasteiger partial charge < -0.3 is 5.32 Å². The van der Waals surface area contributed by atoms with Gasteiger partial charge in [0, 0.05) is 12.1 Å². The molecule has 0 aliphatic carbocycles. The summed E-state index contributed by atoms with van der Waals surface area (Å²) in [6, 6.07) is 7.64. The number of aromatic nitrogens is 2. The number of aryl methyl sites for hydroxylation is 1. The van der Waals surface area contributed by atoms with Crippen molar-refractivity contribution < 1.29 is 13.2 Å². The average Bonchev–Trinajstić information content (AvgIpc) is 3.03. The number of carbonyl (C=O) groups excluding carboxylic acids is 1. The molecule has 4 N–H and O–H groups in total. The fourth-order valence-corrected chi connectivity index (χ4v) is 3.17. The predicted molar refractivity (Wildman–Crippen MR) is 84.5 cm³/mol. The van der Waals surface area contributed by atoms with Crippen molar-refractivity contribution >= 4 is 21.9 Å². The molecule has 0 fully saturated rings. The Morgan fingerprint density at radius 3 is 2.83 bits per heavy atom. The first-order valence-corrected chi connectivity index (χ1v) is 8.53. The van der Waals surface area contributed by atoms with E-state index >= 15 is 0 Å². The largest absolute Gasteiger partial charge is 0.309 e. The van der Waals surface area contributed by atoms with Gasteiger partial charge in [-0.3, -0.25) is 9.89 Å². The lowest BCUT2D eigenvalue weighted by Crippen LogP contribution is -2.32. The molecule has 122 valence electrons. The lowest BCUT2D eigenvalue weighted by Gasteiger charge is -2.11. The van der Waals surface area contributed by atoms with Crippen molar-refractivity contribution in [1.29, 1.82) is 0 Å². The van der Waals surface area contributed by atoms with Crippen LogP contribution in [0.4, 0.5) is 5.82 Å². The molecule has 2 aromatic rings. The van der Waals surface area contributed by atoms with Crippen LogP contribution in [0.3, 0.4) is 0 Å². The molecular formula is C14H17N5O3S. The van der Waals surface area contributed by atoms with E-state index in [9.17, 15) is 13.2 Å². The average molecular weight is 335 g/mol. The van der Waals surface area contributed by atoms with Crippen LogP contribution in [0.1, 0.15) is 22.4 Å². The summed E-state index contributed by atoms with van der Waals surface area (Å²) in [6.45, 7) is 2.18. The molecule has 1 aromatic carbocycles. The van der Waals surface area contributed by atoms with E-state index in [2.05, 4.69) is 15.5 Å². The third-order valence-electron chi connectivity index (χ3n) is 3.85. The molecule has 9 heteroatoms. The summed E-state index contributed by atoms with van der Waals surface area (Å²) in [6.07, 6.45) is 0.229. The van der Waals surface area contributed by atoms with Crippen molar-refractivity contribution in [1.82, 2.24) is 14.5 Å². The SMILES string of the molecule is Cc1ccccc1CC(=O)Nc1n[nH]c2c1CN(S(N)(=O)=O)C2. The highest BCUT2D eigenvalue weighted by molar-refractivity contribution is 7.86. The second-order valence-electron chi connectivity index (χ2n) is 5.49. The van der Waals surface area contributed by atoms with E-state index in [1.165, 1.54) is 0 Å². The van der Waals surface area contributed by atoms with E-state index in [1.54, 1.807) is 0 Å². The topological polar surface area (TPSA) is 121 Å². The van der Waals surface area contributed by atoms with Crippen molar-refractivity contribution in [3.8, 4) is 0 Å². The molecule has 0 saturated heterocycles. The van der Waals surface area contributed by atoms with E-state index in [1.807, 2.05) is 31.2 Å². The maximum atomic E-state index is 12.2. The summed E-state index contributed by atoms with van der Waals surface area (Å²) in [7, 11) is -3.77. The minimum Gasteiger partial charge on any atom is -0.309 e. The lowest BCUT2D eigenvalue weighted by molar-refractivity contribution is -0.115. The molecule has 23 heavy (non-hydrogen) atoms. The number of nitrogens with zero attached hydrogens (tertiary/aromatic N) is 2. The van der Waals surface area contributed by atoms with Gasteiger partial charge in [0.15, 0.2) is 5.82 Å². The Hall–Kier alpha value is -2.23. The summed E-state index contributed by atoms with van der Waals surface area (Å²) in [5.74, 6) is 0.146. The Labute approximate surface area is 133 Å². The number of nitrogens with two attached hydrogens (primary N) is 1. The molecule has 3 rings (SSSR count). The smallest absolute Gasteiger partial charge is 0.277 e. The summed E-state index contributed by atoms with van der Waals surface area (Å²) in [5.41, 5.74) is 3.26. The predicted octanol–water partition coefficient (Wildman–Crippen LogP) is 0.418. The van der Waals surface area contributed by atoms with Crippen molar-refractivity contribution in [3.63, 3.8) is 0 Å². The number of rotatable bonds is 4. The van der Waals surface area contributed by atoms with Crippen molar-refractivity contribution in [2.45, 2.75) is 26.4 Å². The third kappa shape index (κ3) is 3.26. The third-order valence-corrected chi connectivity index (χ3v) is 4.83. The van der Waals surface area contributed by atoms with Crippen molar-refractivity contribution in [2.24, 2.45) is 5.14 Å². The number of benzene rings is 1. The molecule has 1 aliphatic heterocycles. The fourth-order valence-electron chi connectivity index (χ4n) is 2.55. The van der Waals surface area contributed by atoms with Crippen LogP contribution >= 0.6 is 0 Å². The summed E-state index contributed by atoms with van der Waals surface area (Å²) < 4.78 is 23.9. The molecule has 1 amide bonds. The van der Waals surface area contributed by atoms with E-state index in [4.69, 9.17) is 5.14 Å². The highest BCUT2D eigenvalue weighted by Gasteiger charge is 2.31. The molecule has 0 atom stereocenters. The molecule has 0 saturated carbocycles. The van der Waals surface area contributed by atoms with Gasteiger partial charge in [-0.05, 0) is 18.1 Å². The standard InChI is InChI=1S/C14H17N5O3S/c1-9-4-2-3-5-10(9)6-13(20)16-14-11-7-19(23(15,21)22)8-12(11)17-18-14/h2-5H,6-8H2,1H3,(H2,15,21,22)(H2,16,17,18,20). The van der Waals surface area contributed by atoms with E-state index in [0.29, 0.717) is 17.1 Å². The minimum absolute atomic E-state index is 0.102. The van der Waals surface area contributed by atoms with Crippen LogP contribution in [-0.4, -0.2) is 28.8 Å². The fraction of sp³-hybridized carbons (Fsp3) is 0.286. The van der Waals surface area contributed by atoms with Crippen LogP contribution in [-0.2, 0) is 34.5 Å². The number of nitrogens with one attached hydrogen (secondary N) is 2. The van der Waals surface area contributed by atoms with Crippen LogP contribution in [0.5, 0.6) is 0 Å². The van der Waals surface area contributed by atoms with Crippen molar-refractivity contribution in [3.05, 3.63) is 46.6 Å². The van der Waals surface area contributed by atoms with Gasteiger partial charge in [0.05, 0.1) is 18.7 Å². The monoisotopic (exact) mass is 335 g/mol. The highest BCUT2D eigenvalue weighted by atomic mass is 32.2. The maximum absolute atomic E-state index is 12.2. The highest BCUT2D eigenvalue weighted by Crippen LogP contribution is 2.28. The van der Waals surface area contributed by atoms with Gasteiger partial charge >= 0.3 is 0 Å². The lowest BCUT2D eigenvalue weighted by atomic mass is 10.1. The second-order valence-corrected chi connectivity index (χ2v) is 7.04. The van der Waals surface area contributed by atoms with Gasteiger partial charge in [-0.2, -0.15) is 17.8 Å². The Morgan fingerprint density at radius 1 is 1.39 bits per heavy atom. The van der Waals surface area contributed by atoms with Crippen LogP contribution in [0.15, 0.2) is 24.3 Å².